The van der Waals surface area contributed by atoms with Gasteiger partial charge in [-0.3, -0.25) is 4.79 Å². The summed E-state index contributed by atoms with van der Waals surface area (Å²) in [5.74, 6) is -1.32. The Morgan fingerprint density at radius 1 is 1.33 bits per heavy atom. The molecule has 3 N–H and O–H groups in total. The Labute approximate surface area is 126 Å². The molecule has 1 fully saturated rings. The summed E-state index contributed by atoms with van der Waals surface area (Å²) in [6.45, 7) is 7.76. The van der Waals surface area contributed by atoms with E-state index >= 15 is 0 Å². The first kappa shape index (κ1) is 17.7. The van der Waals surface area contributed by atoms with Crippen LogP contribution in [0.2, 0.25) is 0 Å². The van der Waals surface area contributed by atoms with Crippen molar-refractivity contribution >= 4 is 26.6 Å². The van der Waals surface area contributed by atoms with Crippen LogP contribution in [0.3, 0.4) is 0 Å². The summed E-state index contributed by atoms with van der Waals surface area (Å²) in [6, 6.07) is -1.95. The van der Waals surface area contributed by atoms with Crippen molar-refractivity contribution < 1.29 is 19.5 Å². The highest BCUT2D eigenvalue weighted by atomic mass is 31.1. The van der Waals surface area contributed by atoms with Gasteiger partial charge in [0.25, 0.3) is 0 Å². The summed E-state index contributed by atoms with van der Waals surface area (Å²) in [4.78, 5) is 37.0. The Morgan fingerprint density at radius 3 is 2.43 bits per heavy atom. The quantitative estimate of drug-likeness (QED) is 0.674. The molecule has 0 bridgehead atoms. The molecule has 0 radical (unpaired) electrons. The minimum atomic E-state index is -0.993. The number of nitrogens with zero attached hydrogens (tertiary/aromatic N) is 1. The molecule has 0 aromatic carbocycles. The van der Waals surface area contributed by atoms with E-state index in [9.17, 15) is 19.5 Å². The Morgan fingerprint density at radius 2 is 1.95 bits per heavy atom. The fourth-order valence-electron chi connectivity index (χ4n) is 2.38. The Kier molecular flexibility index (Phi) is 5.96. The SMILES string of the molecule is CPNC(=O)N[C@H](C(=O)N1CCC[C@H]1C(=O)O)C(C)(C)C. The van der Waals surface area contributed by atoms with E-state index in [-0.39, 0.29) is 14.6 Å². The van der Waals surface area contributed by atoms with Crippen molar-refractivity contribution in [1.82, 2.24) is 15.3 Å². The van der Waals surface area contributed by atoms with Crippen LogP contribution in [0.5, 0.6) is 0 Å². The van der Waals surface area contributed by atoms with Crippen LogP contribution in [-0.2, 0) is 9.59 Å². The van der Waals surface area contributed by atoms with Gasteiger partial charge in [-0.15, -0.1) is 0 Å². The number of likely N-dealkylation sites (tertiary alicyclic amines) is 1. The fourth-order valence-corrected chi connectivity index (χ4v) is 2.68. The second-order valence-corrected chi connectivity index (χ2v) is 6.93. The normalized spacial score (nSPS) is 20.6. The lowest BCUT2D eigenvalue weighted by Gasteiger charge is -2.34. The summed E-state index contributed by atoms with van der Waals surface area (Å²) in [7, 11) is 0.232. The van der Waals surface area contributed by atoms with Crippen molar-refractivity contribution in [1.29, 1.82) is 0 Å². The van der Waals surface area contributed by atoms with Gasteiger partial charge in [-0.2, -0.15) is 0 Å². The molecule has 3 atom stereocenters. The zero-order valence-electron chi connectivity index (χ0n) is 12.9. The van der Waals surface area contributed by atoms with Crippen molar-refractivity contribution in [2.75, 3.05) is 13.2 Å². The zero-order chi connectivity index (χ0) is 16.2. The van der Waals surface area contributed by atoms with Gasteiger partial charge in [0.2, 0.25) is 5.91 Å². The maximum atomic E-state index is 12.7. The predicted molar refractivity (Wildman–Crippen MR) is 81.5 cm³/mol. The smallest absolute Gasteiger partial charge is 0.326 e. The highest BCUT2D eigenvalue weighted by Gasteiger charge is 2.41. The van der Waals surface area contributed by atoms with E-state index in [2.05, 4.69) is 10.4 Å². The van der Waals surface area contributed by atoms with Crippen LogP contribution in [0, 0.1) is 5.41 Å². The molecule has 8 heteroatoms. The zero-order valence-corrected chi connectivity index (χ0v) is 13.9. The lowest BCUT2D eigenvalue weighted by atomic mass is 9.85. The van der Waals surface area contributed by atoms with E-state index in [4.69, 9.17) is 0 Å². The molecule has 1 rings (SSSR count). The topological polar surface area (TPSA) is 98.7 Å². The number of hydrogen-bond donors (Lipinski definition) is 3. The van der Waals surface area contributed by atoms with Crippen molar-refractivity contribution in [3.05, 3.63) is 0 Å². The molecule has 0 saturated carbocycles. The molecule has 0 aromatic heterocycles. The number of amides is 3. The number of carbonyl (C=O) groups excluding carboxylic acids is 2. The minimum absolute atomic E-state index is 0.232. The molecule has 1 unspecified atom stereocenters. The molecule has 3 amide bonds. The number of urea groups is 1. The van der Waals surface area contributed by atoms with Gasteiger partial charge in [0.1, 0.15) is 12.1 Å². The molecular weight excluding hydrogens is 293 g/mol. The first-order chi connectivity index (χ1) is 9.68. The number of nitrogens with one attached hydrogen (secondary N) is 2. The monoisotopic (exact) mass is 317 g/mol. The van der Waals surface area contributed by atoms with Gasteiger partial charge >= 0.3 is 12.0 Å². The Balaban J connectivity index is 2.90. The second-order valence-electron chi connectivity index (χ2n) is 6.18. The van der Waals surface area contributed by atoms with E-state index in [1.165, 1.54) is 4.90 Å². The summed E-state index contributed by atoms with van der Waals surface area (Å²) in [6.07, 6.45) is 1.13. The van der Waals surface area contributed by atoms with Crippen LogP contribution in [0.4, 0.5) is 4.79 Å². The van der Waals surface area contributed by atoms with Crippen LogP contribution >= 0.6 is 8.73 Å². The number of carboxylic acid groups (broad SMARTS) is 1. The maximum Gasteiger partial charge on any atom is 0.326 e. The second kappa shape index (κ2) is 7.07. The third-order valence-corrected chi connectivity index (χ3v) is 3.92. The van der Waals surface area contributed by atoms with Crippen molar-refractivity contribution in [2.45, 2.75) is 45.7 Å². The molecule has 1 aliphatic rings. The van der Waals surface area contributed by atoms with Gasteiger partial charge < -0.3 is 20.4 Å². The number of rotatable bonds is 4. The highest BCUT2D eigenvalue weighted by molar-refractivity contribution is 7.35. The molecule has 21 heavy (non-hydrogen) atoms. The predicted octanol–water partition coefficient (Wildman–Crippen LogP) is 0.999. The van der Waals surface area contributed by atoms with Crippen molar-refractivity contribution in [3.8, 4) is 0 Å². The standard InChI is InChI=1S/C13H24N3O4P/c1-13(2,3)9(14-12(20)15-21-4)10(17)16-7-5-6-8(16)11(18)19/h8-9,21H,5-7H2,1-4H3,(H,18,19)(H2,14,15,20)/t8-,9+/m0/s1. The third kappa shape index (κ3) is 4.56. The molecule has 1 heterocycles. The number of carboxylic acids is 1. The van der Waals surface area contributed by atoms with Crippen molar-refractivity contribution in [3.63, 3.8) is 0 Å². The Bertz CT molecular complexity index is 422. The average Bonchev–Trinajstić information content (AvgIpc) is 2.83. The van der Waals surface area contributed by atoms with Crippen molar-refractivity contribution in [2.24, 2.45) is 5.41 Å². The minimum Gasteiger partial charge on any atom is -0.480 e. The number of aliphatic carboxylic acids is 1. The van der Waals surface area contributed by atoms with Gasteiger partial charge in [-0.1, -0.05) is 20.8 Å². The molecule has 0 aliphatic carbocycles. The van der Waals surface area contributed by atoms with Gasteiger partial charge in [-0.25, -0.2) is 9.59 Å². The third-order valence-electron chi connectivity index (χ3n) is 3.45. The number of hydrogen-bond acceptors (Lipinski definition) is 3. The first-order valence-electron chi connectivity index (χ1n) is 6.95. The van der Waals surface area contributed by atoms with Crippen LogP contribution in [0.1, 0.15) is 33.6 Å². The van der Waals surface area contributed by atoms with Crippen LogP contribution < -0.4 is 10.4 Å². The van der Waals surface area contributed by atoms with E-state index in [0.717, 1.165) is 0 Å². The van der Waals surface area contributed by atoms with Crippen LogP contribution in [-0.4, -0.2) is 53.2 Å². The Hall–Kier alpha value is -1.36. The summed E-state index contributed by atoms with van der Waals surface area (Å²) in [5, 5.41) is 14.5. The van der Waals surface area contributed by atoms with E-state index in [1.54, 1.807) is 0 Å². The van der Waals surface area contributed by atoms with Gasteiger partial charge in [0.15, 0.2) is 0 Å². The average molecular weight is 317 g/mol. The molecule has 0 spiro atoms. The van der Waals surface area contributed by atoms with Gasteiger partial charge in [0.05, 0.1) is 0 Å². The van der Waals surface area contributed by atoms with Crippen LogP contribution in [0.25, 0.3) is 0 Å². The van der Waals surface area contributed by atoms with E-state index < -0.39 is 29.5 Å². The lowest BCUT2D eigenvalue weighted by molar-refractivity contribution is -0.150. The van der Waals surface area contributed by atoms with E-state index in [0.29, 0.717) is 19.4 Å². The molecule has 7 nitrogen and oxygen atoms in total. The summed E-state index contributed by atoms with van der Waals surface area (Å²) < 4.78 is 0. The summed E-state index contributed by atoms with van der Waals surface area (Å²) >= 11 is 0. The van der Waals surface area contributed by atoms with E-state index in [1.807, 2.05) is 27.4 Å². The molecular formula is C13H24N3O4P. The van der Waals surface area contributed by atoms with Gasteiger partial charge in [-0.05, 0) is 33.7 Å². The fraction of sp³-hybridized carbons (Fsp3) is 0.769. The number of carbonyl (C=O) groups is 3. The molecule has 1 aliphatic heterocycles. The maximum absolute atomic E-state index is 12.7. The molecule has 120 valence electrons. The molecule has 0 aromatic rings. The molecule has 1 saturated heterocycles. The van der Waals surface area contributed by atoms with Crippen LogP contribution in [0.15, 0.2) is 0 Å². The lowest BCUT2D eigenvalue weighted by Crippen LogP contribution is -2.57. The van der Waals surface area contributed by atoms with Gasteiger partial charge in [0, 0.05) is 6.54 Å². The highest BCUT2D eigenvalue weighted by Crippen LogP contribution is 2.25. The summed E-state index contributed by atoms with van der Waals surface area (Å²) in [5.41, 5.74) is -0.503. The first-order valence-corrected chi connectivity index (χ1v) is 8.45. The largest absolute Gasteiger partial charge is 0.480 e.